The van der Waals surface area contributed by atoms with Crippen molar-refractivity contribution in [2.45, 2.75) is 13.8 Å². The van der Waals surface area contributed by atoms with Gasteiger partial charge in [-0.3, -0.25) is 9.78 Å². The van der Waals surface area contributed by atoms with Crippen molar-refractivity contribution < 1.29 is 14.7 Å². The number of hydrogen-bond donors (Lipinski definition) is 2. The maximum Gasteiger partial charge on any atom is 0.348 e. The molecule has 2 N–H and O–H groups in total. The number of anilines is 1. The van der Waals surface area contributed by atoms with Gasteiger partial charge in [0, 0.05) is 11.9 Å². The van der Waals surface area contributed by atoms with Crippen molar-refractivity contribution in [3.63, 3.8) is 0 Å². The molecule has 0 saturated heterocycles. The number of pyridine rings is 1. The van der Waals surface area contributed by atoms with Gasteiger partial charge in [0.1, 0.15) is 4.88 Å². The highest BCUT2D eigenvalue weighted by Gasteiger charge is 2.18. The van der Waals surface area contributed by atoms with Crippen molar-refractivity contribution in [1.29, 1.82) is 0 Å². The smallest absolute Gasteiger partial charge is 0.348 e. The number of aromatic nitrogens is 1. The van der Waals surface area contributed by atoms with Crippen LogP contribution in [0, 0.1) is 13.8 Å². The monoisotopic (exact) mass is 276 g/mol. The molecule has 0 radical (unpaired) electrons. The Labute approximate surface area is 113 Å². The van der Waals surface area contributed by atoms with Crippen LogP contribution in [0.1, 0.15) is 31.3 Å². The maximum atomic E-state index is 12.0. The van der Waals surface area contributed by atoms with E-state index in [0.717, 1.165) is 22.6 Å². The number of hydrogen-bond acceptors (Lipinski definition) is 4. The lowest BCUT2D eigenvalue weighted by atomic mass is 10.2. The fourth-order valence-electron chi connectivity index (χ4n) is 1.54. The van der Waals surface area contributed by atoms with Gasteiger partial charge in [0.05, 0.1) is 11.3 Å². The number of nitrogens with zero attached hydrogens (tertiary/aromatic N) is 1. The highest BCUT2D eigenvalue weighted by atomic mass is 32.1. The van der Waals surface area contributed by atoms with Gasteiger partial charge in [-0.25, -0.2) is 4.79 Å². The molecule has 1 amide bonds. The summed E-state index contributed by atoms with van der Waals surface area (Å²) in [6.07, 6.45) is 1.47. The molecular formula is C13H12N2O3S. The van der Waals surface area contributed by atoms with Gasteiger partial charge in [-0.2, -0.15) is 0 Å². The lowest BCUT2D eigenvalue weighted by Crippen LogP contribution is -2.14. The molecule has 2 aromatic rings. The van der Waals surface area contributed by atoms with Crippen molar-refractivity contribution in [2.24, 2.45) is 0 Å². The molecular weight excluding hydrogens is 264 g/mol. The quantitative estimate of drug-likeness (QED) is 0.903. The van der Waals surface area contributed by atoms with Gasteiger partial charge in [-0.1, -0.05) is 0 Å². The Kier molecular flexibility index (Phi) is 3.62. The molecule has 0 aliphatic rings. The summed E-state index contributed by atoms with van der Waals surface area (Å²) in [6, 6.07) is 3.38. The Morgan fingerprint density at radius 3 is 2.63 bits per heavy atom. The van der Waals surface area contributed by atoms with Gasteiger partial charge < -0.3 is 10.4 Å². The first kappa shape index (κ1) is 13.2. The third kappa shape index (κ3) is 2.79. The Balaban J connectivity index is 2.26. The van der Waals surface area contributed by atoms with Crippen LogP contribution < -0.4 is 5.32 Å². The molecule has 0 aliphatic heterocycles. The lowest BCUT2D eigenvalue weighted by Gasteiger charge is -2.06. The van der Waals surface area contributed by atoms with Gasteiger partial charge >= 0.3 is 5.97 Å². The van der Waals surface area contributed by atoms with Gasteiger partial charge in [-0.15, -0.1) is 11.3 Å². The van der Waals surface area contributed by atoms with Gasteiger partial charge in [0.25, 0.3) is 5.91 Å². The SMILES string of the molecule is Cc1ccc(C(=O)Nc2c(C)csc2C(=O)O)cn1. The minimum Gasteiger partial charge on any atom is -0.477 e. The van der Waals surface area contributed by atoms with E-state index < -0.39 is 5.97 Å². The van der Waals surface area contributed by atoms with Crippen LogP contribution in [0.4, 0.5) is 5.69 Å². The predicted molar refractivity (Wildman–Crippen MR) is 72.9 cm³/mol. The summed E-state index contributed by atoms with van der Waals surface area (Å²) in [5.74, 6) is -1.41. The second-order valence-corrected chi connectivity index (χ2v) is 4.95. The second kappa shape index (κ2) is 5.19. The highest BCUT2D eigenvalue weighted by molar-refractivity contribution is 7.12. The molecule has 2 heterocycles. The van der Waals surface area contributed by atoms with Crippen molar-refractivity contribution in [3.8, 4) is 0 Å². The highest BCUT2D eigenvalue weighted by Crippen LogP contribution is 2.27. The first-order valence-corrected chi connectivity index (χ1v) is 6.42. The number of aryl methyl sites for hydroxylation is 2. The van der Waals surface area contributed by atoms with Gasteiger partial charge in [0.15, 0.2) is 0 Å². The third-order valence-electron chi connectivity index (χ3n) is 2.58. The first-order chi connectivity index (χ1) is 8.99. The fraction of sp³-hybridized carbons (Fsp3) is 0.154. The van der Waals surface area contributed by atoms with E-state index in [4.69, 9.17) is 5.11 Å². The van der Waals surface area contributed by atoms with Crippen LogP contribution in [0.5, 0.6) is 0 Å². The summed E-state index contributed by atoms with van der Waals surface area (Å²) in [6.45, 7) is 3.58. The van der Waals surface area contributed by atoms with E-state index in [-0.39, 0.29) is 10.8 Å². The maximum absolute atomic E-state index is 12.0. The number of thiophene rings is 1. The molecule has 0 saturated carbocycles. The van der Waals surface area contributed by atoms with E-state index in [1.807, 2.05) is 6.92 Å². The molecule has 0 bridgehead atoms. The number of carbonyl (C=O) groups excluding carboxylic acids is 1. The summed E-state index contributed by atoms with van der Waals surface area (Å²) >= 11 is 1.09. The number of nitrogens with one attached hydrogen (secondary N) is 1. The van der Waals surface area contributed by atoms with E-state index in [1.54, 1.807) is 24.4 Å². The van der Waals surface area contributed by atoms with Crippen LogP contribution >= 0.6 is 11.3 Å². The minimum atomic E-state index is -1.05. The number of carbonyl (C=O) groups is 2. The number of carboxylic acid groups (broad SMARTS) is 1. The molecule has 2 aromatic heterocycles. The molecule has 0 aromatic carbocycles. The average molecular weight is 276 g/mol. The Bertz CT molecular complexity index is 632. The number of aromatic carboxylic acids is 1. The molecule has 0 fully saturated rings. The van der Waals surface area contributed by atoms with E-state index in [2.05, 4.69) is 10.3 Å². The van der Waals surface area contributed by atoms with Crippen molar-refractivity contribution >= 4 is 28.9 Å². The van der Waals surface area contributed by atoms with E-state index in [0.29, 0.717) is 11.3 Å². The minimum absolute atomic E-state index is 0.130. The van der Waals surface area contributed by atoms with E-state index in [1.165, 1.54) is 6.20 Å². The summed E-state index contributed by atoms with van der Waals surface area (Å²) in [5, 5.41) is 13.4. The van der Waals surface area contributed by atoms with Gasteiger partial charge in [-0.05, 0) is 36.9 Å². The van der Waals surface area contributed by atoms with Crippen molar-refractivity contribution in [3.05, 3.63) is 45.4 Å². The molecule has 98 valence electrons. The van der Waals surface area contributed by atoms with Crippen LogP contribution in [0.15, 0.2) is 23.7 Å². The third-order valence-corrected chi connectivity index (χ3v) is 3.67. The second-order valence-electron chi connectivity index (χ2n) is 4.07. The summed E-state index contributed by atoms with van der Waals surface area (Å²) in [7, 11) is 0. The predicted octanol–water partition coefficient (Wildman–Crippen LogP) is 2.71. The zero-order valence-corrected chi connectivity index (χ0v) is 11.2. The topological polar surface area (TPSA) is 79.3 Å². The molecule has 0 spiro atoms. The number of amides is 1. The molecule has 5 nitrogen and oxygen atoms in total. The summed E-state index contributed by atoms with van der Waals surface area (Å²) < 4.78 is 0. The molecule has 0 aliphatic carbocycles. The Hall–Kier alpha value is -2.21. The molecule has 0 atom stereocenters. The summed E-state index contributed by atoms with van der Waals surface area (Å²) in [5.41, 5.74) is 2.29. The first-order valence-electron chi connectivity index (χ1n) is 5.54. The van der Waals surface area contributed by atoms with Gasteiger partial charge in [0.2, 0.25) is 0 Å². The van der Waals surface area contributed by atoms with Crippen LogP contribution in [0.2, 0.25) is 0 Å². The van der Waals surface area contributed by atoms with E-state index >= 15 is 0 Å². The Morgan fingerprint density at radius 2 is 2.05 bits per heavy atom. The Morgan fingerprint density at radius 1 is 1.32 bits per heavy atom. The summed E-state index contributed by atoms with van der Waals surface area (Å²) in [4.78, 5) is 27.2. The van der Waals surface area contributed by atoms with E-state index in [9.17, 15) is 9.59 Å². The van der Waals surface area contributed by atoms with Crippen LogP contribution in [0.25, 0.3) is 0 Å². The normalized spacial score (nSPS) is 10.2. The zero-order chi connectivity index (χ0) is 14.0. The van der Waals surface area contributed by atoms with Crippen molar-refractivity contribution in [2.75, 3.05) is 5.32 Å². The standard InChI is InChI=1S/C13H12N2O3S/c1-7-6-19-11(13(17)18)10(7)15-12(16)9-4-3-8(2)14-5-9/h3-6H,1-2H3,(H,15,16)(H,17,18). The van der Waals surface area contributed by atoms with Crippen LogP contribution in [-0.4, -0.2) is 22.0 Å². The van der Waals surface area contributed by atoms with Crippen molar-refractivity contribution in [1.82, 2.24) is 4.98 Å². The number of carboxylic acids is 1. The molecule has 6 heteroatoms. The van der Waals surface area contributed by atoms with Crippen LogP contribution in [0.3, 0.4) is 0 Å². The molecule has 2 rings (SSSR count). The number of rotatable bonds is 3. The zero-order valence-electron chi connectivity index (χ0n) is 10.4. The largest absolute Gasteiger partial charge is 0.477 e. The molecule has 0 unspecified atom stereocenters. The van der Waals surface area contributed by atoms with Crippen LogP contribution in [-0.2, 0) is 0 Å². The average Bonchev–Trinajstić information content (AvgIpc) is 2.72. The lowest BCUT2D eigenvalue weighted by molar-refractivity contribution is 0.0703. The fourth-order valence-corrected chi connectivity index (χ4v) is 2.39. The molecule has 19 heavy (non-hydrogen) atoms.